The molecule has 6 heteroatoms. The maximum atomic E-state index is 12.7. The van der Waals surface area contributed by atoms with Crippen molar-refractivity contribution in [2.45, 2.75) is 26.4 Å². The number of amides is 1. The van der Waals surface area contributed by atoms with Gasteiger partial charge in [-0.3, -0.25) is 0 Å². The Labute approximate surface area is 123 Å². The van der Waals surface area contributed by atoms with Crippen LogP contribution in [-0.4, -0.2) is 42.8 Å². The highest BCUT2D eigenvalue weighted by atomic mass is 19.1. The molecule has 0 saturated heterocycles. The fourth-order valence-electron chi connectivity index (χ4n) is 1.38. The van der Waals surface area contributed by atoms with E-state index >= 15 is 0 Å². The Hall–Kier alpha value is -2.11. The number of nitrogens with zero attached hydrogens (tertiary/aromatic N) is 1. The van der Waals surface area contributed by atoms with Gasteiger partial charge in [0.25, 0.3) is 0 Å². The molecule has 0 N–H and O–H groups in total. The third kappa shape index (κ3) is 6.25. The monoisotopic (exact) mass is 297 g/mol. The minimum absolute atomic E-state index is 0.0337. The number of rotatable bonds is 4. The highest BCUT2D eigenvalue weighted by Gasteiger charge is 2.19. The van der Waals surface area contributed by atoms with Crippen molar-refractivity contribution in [2.75, 3.05) is 20.2 Å². The van der Waals surface area contributed by atoms with Gasteiger partial charge in [-0.2, -0.15) is 0 Å². The largest absolute Gasteiger partial charge is 0.460 e. The fourth-order valence-corrected chi connectivity index (χ4v) is 1.38. The second-order valence-corrected chi connectivity index (χ2v) is 5.54. The lowest BCUT2D eigenvalue weighted by atomic mass is 10.2. The molecule has 0 heterocycles. The lowest BCUT2D eigenvalue weighted by Crippen LogP contribution is -2.36. The van der Waals surface area contributed by atoms with Crippen LogP contribution in [0.1, 0.15) is 31.1 Å². The Morgan fingerprint density at radius 2 is 1.76 bits per heavy atom. The number of likely N-dealkylation sites (N-methyl/N-ethyl adjacent to an activating group) is 1. The molecule has 5 nitrogen and oxygen atoms in total. The van der Waals surface area contributed by atoms with E-state index in [9.17, 15) is 14.0 Å². The molecule has 0 aromatic heterocycles. The molecule has 1 amide bonds. The number of carbonyl (C=O) groups is 2. The van der Waals surface area contributed by atoms with E-state index in [0.717, 1.165) is 0 Å². The number of hydrogen-bond donors (Lipinski definition) is 0. The molecule has 0 atom stereocenters. The van der Waals surface area contributed by atoms with Gasteiger partial charge in [0, 0.05) is 7.05 Å². The van der Waals surface area contributed by atoms with Crippen molar-refractivity contribution in [3.05, 3.63) is 35.6 Å². The molecule has 0 fully saturated rings. The summed E-state index contributed by atoms with van der Waals surface area (Å²) in [5.41, 5.74) is -0.313. The molecule has 1 rings (SSSR count). The predicted molar refractivity (Wildman–Crippen MR) is 75.5 cm³/mol. The first kappa shape index (κ1) is 16.9. The van der Waals surface area contributed by atoms with E-state index in [0.29, 0.717) is 0 Å². The SMILES string of the molecule is CN(CCOC(=O)c1ccc(F)cc1)C(=O)OC(C)(C)C. The Morgan fingerprint density at radius 1 is 1.19 bits per heavy atom. The number of ether oxygens (including phenoxy) is 2. The normalized spacial score (nSPS) is 10.9. The van der Waals surface area contributed by atoms with E-state index in [1.807, 2.05) is 0 Å². The van der Waals surface area contributed by atoms with Crippen molar-refractivity contribution >= 4 is 12.1 Å². The Kier molecular flexibility index (Phi) is 5.69. The van der Waals surface area contributed by atoms with Crippen LogP contribution in [0.5, 0.6) is 0 Å². The van der Waals surface area contributed by atoms with E-state index < -0.39 is 23.5 Å². The molecule has 0 aliphatic carbocycles. The van der Waals surface area contributed by atoms with E-state index in [4.69, 9.17) is 9.47 Å². The second-order valence-electron chi connectivity index (χ2n) is 5.54. The summed E-state index contributed by atoms with van der Waals surface area (Å²) in [6, 6.07) is 5.05. The van der Waals surface area contributed by atoms with Crippen LogP contribution in [0.3, 0.4) is 0 Å². The molecule has 0 unspecified atom stereocenters. The van der Waals surface area contributed by atoms with Gasteiger partial charge in [0.2, 0.25) is 0 Å². The highest BCUT2D eigenvalue weighted by molar-refractivity contribution is 5.89. The summed E-state index contributed by atoms with van der Waals surface area (Å²) in [6.07, 6.45) is -0.486. The molecule has 0 saturated carbocycles. The summed E-state index contributed by atoms with van der Waals surface area (Å²) in [4.78, 5) is 24.6. The van der Waals surface area contributed by atoms with Gasteiger partial charge in [0.15, 0.2) is 0 Å². The van der Waals surface area contributed by atoms with Gasteiger partial charge >= 0.3 is 12.1 Å². The zero-order valence-corrected chi connectivity index (χ0v) is 12.7. The average Bonchev–Trinajstić information content (AvgIpc) is 2.37. The average molecular weight is 297 g/mol. The molecular weight excluding hydrogens is 277 g/mol. The van der Waals surface area contributed by atoms with Crippen molar-refractivity contribution in [1.82, 2.24) is 4.90 Å². The first-order valence-electron chi connectivity index (χ1n) is 6.56. The lowest BCUT2D eigenvalue weighted by molar-refractivity contribution is 0.0217. The summed E-state index contributed by atoms with van der Waals surface area (Å²) in [7, 11) is 1.56. The van der Waals surface area contributed by atoms with Crippen LogP contribution in [-0.2, 0) is 9.47 Å². The Bertz CT molecular complexity index is 493. The van der Waals surface area contributed by atoms with Crippen LogP contribution in [0.25, 0.3) is 0 Å². The maximum Gasteiger partial charge on any atom is 0.410 e. The van der Waals surface area contributed by atoms with Crippen LogP contribution >= 0.6 is 0 Å². The van der Waals surface area contributed by atoms with E-state index in [1.165, 1.54) is 29.2 Å². The van der Waals surface area contributed by atoms with Gasteiger partial charge in [-0.15, -0.1) is 0 Å². The van der Waals surface area contributed by atoms with Crippen LogP contribution < -0.4 is 0 Å². The molecule has 0 bridgehead atoms. The topological polar surface area (TPSA) is 55.8 Å². The minimum Gasteiger partial charge on any atom is -0.460 e. The molecule has 0 spiro atoms. The number of halogens is 1. The van der Waals surface area contributed by atoms with Crippen LogP contribution in [0.2, 0.25) is 0 Å². The number of carbonyl (C=O) groups excluding carboxylic acids is 2. The molecule has 0 radical (unpaired) electrons. The van der Waals surface area contributed by atoms with Crippen molar-refractivity contribution in [3.63, 3.8) is 0 Å². The Balaban J connectivity index is 2.37. The van der Waals surface area contributed by atoms with Crippen LogP contribution in [0, 0.1) is 5.82 Å². The predicted octanol–water partition coefficient (Wildman–Crippen LogP) is 2.85. The summed E-state index contributed by atoms with van der Waals surface area (Å²) in [5, 5.41) is 0. The lowest BCUT2D eigenvalue weighted by Gasteiger charge is -2.24. The summed E-state index contributed by atoms with van der Waals surface area (Å²) >= 11 is 0. The second kappa shape index (κ2) is 7.06. The van der Waals surface area contributed by atoms with E-state index in [2.05, 4.69) is 0 Å². The minimum atomic E-state index is -0.573. The van der Waals surface area contributed by atoms with Gasteiger partial charge in [0.1, 0.15) is 18.0 Å². The van der Waals surface area contributed by atoms with Crippen LogP contribution in [0.15, 0.2) is 24.3 Å². The van der Waals surface area contributed by atoms with Gasteiger partial charge < -0.3 is 14.4 Å². The molecule has 21 heavy (non-hydrogen) atoms. The van der Waals surface area contributed by atoms with Gasteiger partial charge in [0.05, 0.1) is 12.1 Å². The van der Waals surface area contributed by atoms with Crippen molar-refractivity contribution in [1.29, 1.82) is 0 Å². The number of esters is 1. The van der Waals surface area contributed by atoms with Crippen molar-refractivity contribution in [3.8, 4) is 0 Å². The third-order valence-corrected chi connectivity index (χ3v) is 2.44. The van der Waals surface area contributed by atoms with Crippen LogP contribution in [0.4, 0.5) is 9.18 Å². The zero-order chi connectivity index (χ0) is 16.0. The zero-order valence-electron chi connectivity index (χ0n) is 12.7. The van der Waals surface area contributed by atoms with Crippen molar-refractivity contribution < 1.29 is 23.5 Å². The standard InChI is InChI=1S/C15H20FNO4/c1-15(2,3)21-14(19)17(4)9-10-20-13(18)11-5-7-12(16)8-6-11/h5-8H,9-10H2,1-4H3. The maximum absolute atomic E-state index is 12.7. The van der Waals surface area contributed by atoms with E-state index in [1.54, 1.807) is 27.8 Å². The fraction of sp³-hybridized carbons (Fsp3) is 0.467. The molecule has 0 aliphatic heterocycles. The summed E-state index contributed by atoms with van der Waals surface area (Å²) in [5.74, 6) is -0.983. The highest BCUT2D eigenvalue weighted by Crippen LogP contribution is 2.09. The smallest absolute Gasteiger partial charge is 0.410 e. The molecule has 1 aromatic rings. The summed E-state index contributed by atoms with van der Waals surface area (Å²) in [6.45, 7) is 5.56. The van der Waals surface area contributed by atoms with Gasteiger partial charge in [-0.25, -0.2) is 14.0 Å². The first-order valence-corrected chi connectivity index (χ1v) is 6.56. The van der Waals surface area contributed by atoms with Gasteiger partial charge in [-0.1, -0.05) is 0 Å². The molecular formula is C15H20FNO4. The summed E-state index contributed by atoms with van der Waals surface area (Å²) < 4.78 is 22.9. The van der Waals surface area contributed by atoms with Gasteiger partial charge in [-0.05, 0) is 45.0 Å². The van der Waals surface area contributed by atoms with Crippen molar-refractivity contribution in [2.24, 2.45) is 0 Å². The number of benzene rings is 1. The third-order valence-electron chi connectivity index (χ3n) is 2.44. The quantitative estimate of drug-likeness (QED) is 0.802. The Morgan fingerprint density at radius 3 is 2.29 bits per heavy atom. The van der Waals surface area contributed by atoms with E-state index in [-0.39, 0.29) is 18.7 Å². The molecule has 1 aromatic carbocycles. The molecule has 116 valence electrons. The number of hydrogen-bond acceptors (Lipinski definition) is 4. The molecule has 0 aliphatic rings. The first-order chi connectivity index (χ1) is 9.69.